The lowest BCUT2D eigenvalue weighted by atomic mass is 9.89. The number of thiocarbonyl (C=S) groups is 1. The van der Waals surface area contributed by atoms with Crippen LogP contribution in [-0.2, 0) is 0 Å². The summed E-state index contributed by atoms with van der Waals surface area (Å²) < 4.78 is 0. The first-order chi connectivity index (χ1) is 6.11. The largest absolute Gasteiger partial charge is 0.393 e. The molecule has 0 heterocycles. The molecule has 13 heavy (non-hydrogen) atoms. The van der Waals surface area contributed by atoms with E-state index in [2.05, 4.69) is 20.8 Å². The van der Waals surface area contributed by atoms with E-state index in [0.717, 1.165) is 5.92 Å². The Hall–Kier alpha value is -0.110. The summed E-state index contributed by atoms with van der Waals surface area (Å²) >= 11 is 4.98. The summed E-state index contributed by atoms with van der Waals surface area (Å²) in [4.78, 5) is 0.678. The fraction of sp³-hybridized carbons (Fsp3) is 0.909. The average Bonchev–Trinajstić information content (AvgIpc) is 2.05. The Morgan fingerprint density at radius 3 is 2.00 bits per heavy atom. The van der Waals surface area contributed by atoms with E-state index in [1.807, 2.05) is 0 Å². The van der Waals surface area contributed by atoms with E-state index in [-0.39, 0.29) is 0 Å². The van der Waals surface area contributed by atoms with Crippen LogP contribution in [0.2, 0.25) is 0 Å². The van der Waals surface area contributed by atoms with Crippen molar-refractivity contribution in [3.63, 3.8) is 0 Å². The number of hydrogen-bond acceptors (Lipinski definition) is 1. The fourth-order valence-electron chi connectivity index (χ4n) is 1.81. The van der Waals surface area contributed by atoms with Crippen LogP contribution in [0.25, 0.3) is 0 Å². The molecule has 0 saturated carbocycles. The van der Waals surface area contributed by atoms with Gasteiger partial charge in [0, 0.05) is 5.92 Å². The minimum Gasteiger partial charge on any atom is -0.393 e. The van der Waals surface area contributed by atoms with Gasteiger partial charge in [0.25, 0.3) is 0 Å². The smallest absolute Gasteiger partial charge is 0.0756 e. The zero-order valence-electron chi connectivity index (χ0n) is 9.18. The van der Waals surface area contributed by atoms with E-state index in [9.17, 15) is 0 Å². The fourth-order valence-corrected chi connectivity index (χ4v) is 1.91. The van der Waals surface area contributed by atoms with Crippen LogP contribution in [0.3, 0.4) is 0 Å². The molecule has 0 spiro atoms. The first kappa shape index (κ1) is 12.9. The van der Waals surface area contributed by atoms with Crippen LogP contribution in [0.1, 0.15) is 52.9 Å². The Balaban J connectivity index is 3.85. The van der Waals surface area contributed by atoms with Crippen molar-refractivity contribution in [2.24, 2.45) is 17.6 Å². The Kier molecular flexibility index (Phi) is 7.25. The van der Waals surface area contributed by atoms with Crippen LogP contribution in [0.4, 0.5) is 0 Å². The first-order valence-electron chi connectivity index (χ1n) is 5.41. The summed E-state index contributed by atoms with van der Waals surface area (Å²) in [5.74, 6) is 1.24. The lowest BCUT2D eigenvalue weighted by Gasteiger charge is -2.19. The van der Waals surface area contributed by atoms with Gasteiger partial charge in [-0.3, -0.25) is 0 Å². The van der Waals surface area contributed by atoms with E-state index in [1.54, 1.807) is 0 Å². The van der Waals surface area contributed by atoms with Gasteiger partial charge in [-0.2, -0.15) is 0 Å². The SMILES string of the molecule is CCCC(CCC)CC(C)C(N)=S. The topological polar surface area (TPSA) is 26.0 Å². The van der Waals surface area contributed by atoms with Crippen molar-refractivity contribution >= 4 is 17.2 Å². The van der Waals surface area contributed by atoms with E-state index in [1.165, 1.54) is 32.1 Å². The van der Waals surface area contributed by atoms with E-state index < -0.39 is 0 Å². The molecule has 0 amide bonds. The Labute approximate surface area is 88.1 Å². The van der Waals surface area contributed by atoms with Gasteiger partial charge in [0.2, 0.25) is 0 Å². The van der Waals surface area contributed by atoms with Crippen molar-refractivity contribution in [1.29, 1.82) is 0 Å². The van der Waals surface area contributed by atoms with Gasteiger partial charge >= 0.3 is 0 Å². The molecule has 0 aliphatic rings. The van der Waals surface area contributed by atoms with Gasteiger partial charge in [-0.1, -0.05) is 58.7 Å². The molecule has 78 valence electrons. The van der Waals surface area contributed by atoms with Crippen molar-refractivity contribution in [3.05, 3.63) is 0 Å². The average molecular weight is 201 g/mol. The highest BCUT2D eigenvalue weighted by atomic mass is 32.1. The molecule has 0 aromatic rings. The third-order valence-electron chi connectivity index (χ3n) is 2.57. The summed E-state index contributed by atoms with van der Waals surface area (Å²) in [7, 11) is 0. The Bertz CT molecular complexity index is 139. The van der Waals surface area contributed by atoms with Gasteiger partial charge in [0.15, 0.2) is 0 Å². The second kappa shape index (κ2) is 7.31. The minimum absolute atomic E-state index is 0.415. The molecule has 1 nitrogen and oxygen atoms in total. The summed E-state index contributed by atoms with van der Waals surface area (Å²) in [6.07, 6.45) is 6.36. The molecular formula is C11H23NS. The molecule has 0 radical (unpaired) electrons. The van der Waals surface area contributed by atoms with Crippen LogP contribution < -0.4 is 5.73 Å². The Morgan fingerprint density at radius 2 is 1.69 bits per heavy atom. The monoisotopic (exact) mass is 201 g/mol. The molecule has 1 unspecified atom stereocenters. The third-order valence-corrected chi connectivity index (χ3v) is 2.97. The number of rotatable bonds is 7. The van der Waals surface area contributed by atoms with Crippen molar-refractivity contribution in [1.82, 2.24) is 0 Å². The second-order valence-corrected chi connectivity index (χ2v) is 4.45. The van der Waals surface area contributed by atoms with Crippen LogP contribution in [-0.4, -0.2) is 4.99 Å². The van der Waals surface area contributed by atoms with Gasteiger partial charge in [-0.25, -0.2) is 0 Å². The maximum absolute atomic E-state index is 5.61. The molecule has 1 atom stereocenters. The van der Waals surface area contributed by atoms with Crippen LogP contribution >= 0.6 is 12.2 Å². The van der Waals surface area contributed by atoms with Crippen molar-refractivity contribution in [3.8, 4) is 0 Å². The molecule has 0 bridgehead atoms. The van der Waals surface area contributed by atoms with Crippen LogP contribution in [0, 0.1) is 11.8 Å². The molecule has 0 saturated heterocycles. The van der Waals surface area contributed by atoms with Crippen molar-refractivity contribution in [2.45, 2.75) is 52.9 Å². The molecule has 0 rings (SSSR count). The molecular weight excluding hydrogens is 178 g/mol. The molecule has 0 aliphatic heterocycles. The first-order valence-corrected chi connectivity index (χ1v) is 5.81. The van der Waals surface area contributed by atoms with Gasteiger partial charge < -0.3 is 5.73 Å². The summed E-state index contributed by atoms with van der Waals surface area (Å²) in [5.41, 5.74) is 5.61. The second-order valence-electron chi connectivity index (χ2n) is 3.98. The predicted octanol–water partition coefficient (Wildman–Crippen LogP) is 3.52. The zero-order valence-corrected chi connectivity index (χ0v) is 9.99. The van der Waals surface area contributed by atoms with Gasteiger partial charge in [-0.05, 0) is 12.3 Å². The van der Waals surface area contributed by atoms with E-state index in [0.29, 0.717) is 10.9 Å². The molecule has 0 aliphatic carbocycles. The Morgan fingerprint density at radius 1 is 1.23 bits per heavy atom. The van der Waals surface area contributed by atoms with Crippen LogP contribution in [0.5, 0.6) is 0 Å². The van der Waals surface area contributed by atoms with Crippen molar-refractivity contribution < 1.29 is 0 Å². The highest BCUT2D eigenvalue weighted by molar-refractivity contribution is 7.80. The standard InChI is InChI=1S/C11H23NS/c1-4-6-10(7-5-2)8-9(3)11(12)13/h9-10H,4-8H2,1-3H3,(H2,12,13). The summed E-state index contributed by atoms with van der Waals surface area (Å²) in [6.45, 7) is 6.63. The van der Waals surface area contributed by atoms with Crippen LogP contribution in [0.15, 0.2) is 0 Å². The molecule has 0 fully saturated rings. The van der Waals surface area contributed by atoms with Gasteiger partial charge in [-0.15, -0.1) is 0 Å². The highest BCUT2D eigenvalue weighted by Crippen LogP contribution is 2.22. The molecule has 0 aromatic heterocycles. The number of hydrogen-bond donors (Lipinski definition) is 1. The molecule has 0 aromatic carbocycles. The third kappa shape index (κ3) is 6.03. The lowest BCUT2D eigenvalue weighted by Crippen LogP contribution is -2.21. The maximum Gasteiger partial charge on any atom is 0.0756 e. The predicted molar refractivity (Wildman–Crippen MR) is 63.9 cm³/mol. The van der Waals surface area contributed by atoms with Gasteiger partial charge in [0.05, 0.1) is 4.99 Å². The van der Waals surface area contributed by atoms with Gasteiger partial charge in [0.1, 0.15) is 0 Å². The van der Waals surface area contributed by atoms with E-state index in [4.69, 9.17) is 18.0 Å². The molecule has 2 heteroatoms. The lowest BCUT2D eigenvalue weighted by molar-refractivity contribution is 0.383. The number of nitrogens with two attached hydrogens (primary N) is 1. The minimum atomic E-state index is 0.415. The normalized spacial score (nSPS) is 13.2. The summed E-state index contributed by atoms with van der Waals surface area (Å²) in [5, 5.41) is 0. The van der Waals surface area contributed by atoms with Crippen molar-refractivity contribution in [2.75, 3.05) is 0 Å². The summed E-state index contributed by atoms with van der Waals surface area (Å²) in [6, 6.07) is 0. The van der Waals surface area contributed by atoms with E-state index >= 15 is 0 Å². The maximum atomic E-state index is 5.61. The molecule has 2 N–H and O–H groups in total. The zero-order chi connectivity index (χ0) is 10.3. The quantitative estimate of drug-likeness (QED) is 0.638. The highest BCUT2D eigenvalue weighted by Gasteiger charge is 2.13.